The van der Waals surface area contributed by atoms with Crippen molar-refractivity contribution in [2.45, 2.75) is 58.4 Å². The summed E-state index contributed by atoms with van der Waals surface area (Å²) >= 11 is 12.0. The van der Waals surface area contributed by atoms with Crippen LogP contribution in [0.2, 0.25) is 10.0 Å². The first-order valence-electron chi connectivity index (χ1n) is 10.6. The average Bonchev–Trinajstić information content (AvgIpc) is 2.72. The van der Waals surface area contributed by atoms with Crippen molar-refractivity contribution in [3.8, 4) is 0 Å². The highest BCUT2D eigenvalue weighted by atomic mass is 35.5. The zero-order valence-electron chi connectivity index (χ0n) is 17.8. The first kappa shape index (κ1) is 24.6. The van der Waals surface area contributed by atoms with Crippen LogP contribution in [0.4, 0.5) is 0 Å². The molecule has 5 heteroatoms. The second-order valence-corrected chi connectivity index (χ2v) is 8.94. The Bertz CT molecular complexity index is 821. The van der Waals surface area contributed by atoms with E-state index in [0.717, 1.165) is 18.4 Å². The molecule has 3 nitrogen and oxygen atoms in total. The van der Waals surface area contributed by atoms with E-state index in [2.05, 4.69) is 19.2 Å². The van der Waals surface area contributed by atoms with E-state index in [1.807, 2.05) is 42.5 Å². The predicted molar refractivity (Wildman–Crippen MR) is 125 cm³/mol. The predicted octanol–water partition coefficient (Wildman–Crippen LogP) is 6.09. The van der Waals surface area contributed by atoms with Crippen molar-refractivity contribution in [1.82, 2.24) is 5.32 Å². The average molecular weight is 448 g/mol. The summed E-state index contributed by atoms with van der Waals surface area (Å²) in [5, 5.41) is 4.34. The fraction of sp³-hybridized carbons (Fsp3) is 0.440. The molecule has 0 radical (unpaired) electrons. The molecule has 0 aliphatic carbocycles. The van der Waals surface area contributed by atoms with Gasteiger partial charge in [-0.15, -0.1) is 0 Å². The molecule has 162 valence electrons. The quantitative estimate of drug-likeness (QED) is 0.403. The van der Waals surface area contributed by atoms with Gasteiger partial charge < -0.3 is 5.32 Å². The standard InChI is InChI=1S/C25H31Cl2NO2/c1-18(2)16-24(25(30)13-10-20-9-12-22(26)23(27)17-20)28-15-14-21(29)11-8-19-6-4-3-5-7-19/h3-7,9,12,17-18,24,28H,8,10-11,13-16H2,1-2H3/t24-/m1/s1. The fourth-order valence-corrected chi connectivity index (χ4v) is 3.70. The molecular weight excluding hydrogens is 417 g/mol. The van der Waals surface area contributed by atoms with Crippen molar-refractivity contribution >= 4 is 34.8 Å². The Morgan fingerprint density at radius 2 is 1.57 bits per heavy atom. The van der Waals surface area contributed by atoms with Crippen LogP contribution in [0.25, 0.3) is 0 Å². The molecule has 2 aromatic carbocycles. The van der Waals surface area contributed by atoms with Gasteiger partial charge in [0.05, 0.1) is 16.1 Å². The van der Waals surface area contributed by atoms with E-state index in [9.17, 15) is 9.59 Å². The van der Waals surface area contributed by atoms with Crippen LogP contribution in [0.15, 0.2) is 48.5 Å². The van der Waals surface area contributed by atoms with E-state index in [-0.39, 0.29) is 17.6 Å². The van der Waals surface area contributed by atoms with Crippen molar-refractivity contribution in [1.29, 1.82) is 0 Å². The Morgan fingerprint density at radius 1 is 0.867 bits per heavy atom. The van der Waals surface area contributed by atoms with Gasteiger partial charge in [0.2, 0.25) is 0 Å². The van der Waals surface area contributed by atoms with Crippen LogP contribution in [0.5, 0.6) is 0 Å². The lowest BCUT2D eigenvalue weighted by Crippen LogP contribution is -2.39. The zero-order valence-corrected chi connectivity index (χ0v) is 19.3. The molecule has 0 aliphatic rings. The lowest BCUT2D eigenvalue weighted by atomic mass is 9.96. The summed E-state index contributed by atoms with van der Waals surface area (Å²) in [6.07, 6.45) is 3.57. The van der Waals surface area contributed by atoms with Gasteiger partial charge in [-0.25, -0.2) is 0 Å². The van der Waals surface area contributed by atoms with Crippen LogP contribution < -0.4 is 5.32 Å². The third-order valence-electron chi connectivity index (χ3n) is 5.07. The van der Waals surface area contributed by atoms with Gasteiger partial charge in [0.25, 0.3) is 0 Å². The third-order valence-corrected chi connectivity index (χ3v) is 5.81. The van der Waals surface area contributed by atoms with Crippen LogP contribution in [-0.2, 0) is 22.4 Å². The minimum absolute atomic E-state index is 0.173. The minimum Gasteiger partial charge on any atom is -0.307 e. The topological polar surface area (TPSA) is 46.2 Å². The Labute approximate surface area is 190 Å². The molecule has 1 N–H and O–H groups in total. The lowest BCUT2D eigenvalue weighted by Gasteiger charge is -2.19. The first-order valence-corrected chi connectivity index (χ1v) is 11.4. The van der Waals surface area contributed by atoms with Crippen molar-refractivity contribution in [3.05, 3.63) is 69.7 Å². The number of benzene rings is 2. The molecule has 0 aromatic heterocycles. The zero-order chi connectivity index (χ0) is 21.9. The van der Waals surface area contributed by atoms with Crippen LogP contribution in [0.3, 0.4) is 0 Å². The van der Waals surface area contributed by atoms with Gasteiger partial charge in [-0.3, -0.25) is 9.59 Å². The number of ketones is 2. The number of Topliss-reactive ketones (excluding diaryl/α,β-unsaturated/α-hetero) is 2. The third kappa shape index (κ3) is 8.99. The Kier molecular flexibility index (Phi) is 10.6. The van der Waals surface area contributed by atoms with Gasteiger partial charge in [0, 0.05) is 25.8 Å². The van der Waals surface area contributed by atoms with Crippen LogP contribution in [0.1, 0.15) is 50.7 Å². The lowest BCUT2D eigenvalue weighted by molar-refractivity contribution is -0.122. The number of carbonyl (C=O) groups excluding carboxylic acids is 2. The number of carbonyl (C=O) groups is 2. The molecule has 30 heavy (non-hydrogen) atoms. The Morgan fingerprint density at radius 3 is 2.23 bits per heavy atom. The summed E-state index contributed by atoms with van der Waals surface area (Å²) in [4.78, 5) is 25.0. The maximum atomic E-state index is 12.8. The van der Waals surface area contributed by atoms with Gasteiger partial charge in [0.15, 0.2) is 0 Å². The highest BCUT2D eigenvalue weighted by molar-refractivity contribution is 6.42. The molecule has 0 amide bonds. The van der Waals surface area contributed by atoms with Gasteiger partial charge in [-0.1, -0.05) is 73.4 Å². The summed E-state index contributed by atoms with van der Waals surface area (Å²) in [6.45, 7) is 4.74. The number of halogens is 2. The van der Waals surface area contributed by atoms with Crippen molar-refractivity contribution < 1.29 is 9.59 Å². The summed E-state index contributed by atoms with van der Waals surface area (Å²) in [5.74, 6) is 0.787. The molecule has 0 heterocycles. The maximum Gasteiger partial charge on any atom is 0.150 e. The molecule has 0 spiro atoms. The fourth-order valence-electron chi connectivity index (χ4n) is 3.38. The molecule has 2 rings (SSSR count). The van der Waals surface area contributed by atoms with Crippen LogP contribution in [0, 0.1) is 5.92 Å². The molecule has 0 unspecified atom stereocenters. The molecule has 0 saturated heterocycles. The van der Waals surface area contributed by atoms with E-state index in [1.54, 1.807) is 6.07 Å². The molecule has 1 atom stereocenters. The van der Waals surface area contributed by atoms with Gasteiger partial charge in [-0.2, -0.15) is 0 Å². The molecule has 0 fully saturated rings. The van der Waals surface area contributed by atoms with E-state index >= 15 is 0 Å². The summed E-state index contributed by atoms with van der Waals surface area (Å²) in [6, 6.07) is 15.3. The molecule has 0 aliphatic heterocycles. The highest BCUT2D eigenvalue weighted by Crippen LogP contribution is 2.23. The van der Waals surface area contributed by atoms with Crippen LogP contribution in [-0.4, -0.2) is 24.2 Å². The van der Waals surface area contributed by atoms with Crippen molar-refractivity contribution in [2.75, 3.05) is 6.54 Å². The second-order valence-electron chi connectivity index (χ2n) is 8.13. The second kappa shape index (κ2) is 12.9. The Hall–Kier alpha value is -1.68. The first-order chi connectivity index (χ1) is 14.3. The largest absolute Gasteiger partial charge is 0.307 e. The van der Waals surface area contributed by atoms with Gasteiger partial charge in [-0.05, 0) is 48.4 Å². The van der Waals surface area contributed by atoms with E-state index in [1.165, 1.54) is 5.56 Å². The van der Waals surface area contributed by atoms with E-state index in [0.29, 0.717) is 48.2 Å². The maximum absolute atomic E-state index is 12.8. The number of aryl methyl sites for hydroxylation is 2. The number of nitrogens with one attached hydrogen (secondary N) is 1. The summed E-state index contributed by atoms with van der Waals surface area (Å²) in [7, 11) is 0. The minimum atomic E-state index is -0.227. The van der Waals surface area contributed by atoms with Gasteiger partial charge >= 0.3 is 0 Å². The Balaban J connectivity index is 1.78. The van der Waals surface area contributed by atoms with Crippen molar-refractivity contribution in [2.24, 2.45) is 5.92 Å². The number of hydrogen-bond acceptors (Lipinski definition) is 3. The highest BCUT2D eigenvalue weighted by Gasteiger charge is 2.19. The molecule has 0 saturated carbocycles. The SMILES string of the molecule is CC(C)C[C@@H](NCCC(=O)CCc1ccccc1)C(=O)CCc1ccc(Cl)c(Cl)c1. The van der Waals surface area contributed by atoms with E-state index < -0.39 is 0 Å². The normalized spacial score (nSPS) is 12.2. The summed E-state index contributed by atoms with van der Waals surface area (Å²) < 4.78 is 0. The van der Waals surface area contributed by atoms with Gasteiger partial charge in [0.1, 0.15) is 11.6 Å². The van der Waals surface area contributed by atoms with E-state index in [4.69, 9.17) is 23.2 Å². The molecule has 2 aromatic rings. The number of rotatable bonds is 13. The smallest absolute Gasteiger partial charge is 0.150 e. The number of hydrogen-bond donors (Lipinski definition) is 1. The molecule has 0 bridgehead atoms. The van der Waals surface area contributed by atoms with Crippen LogP contribution >= 0.6 is 23.2 Å². The van der Waals surface area contributed by atoms with Crippen molar-refractivity contribution in [3.63, 3.8) is 0 Å². The summed E-state index contributed by atoms with van der Waals surface area (Å²) in [5.41, 5.74) is 2.17. The molecular formula is C25H31Cl2NO2. The monoisotopic (exact) mass is 447 g/mol.